The Morgan fingerprint density at radius 2 is 1.64 bits per heavy atom. The zero-order valence-corrected chi connectivity index (χ0v) is 14.3. The van der Waals surface area contributed by atoms with Crippen LogP contribution in [0.5, 0.6) is 0 Å². The maximum atomic E-state index is 13.5. The van der Waals surface area contributed by atoms with Gasteiger partial charge in [0.1, 0.15) is 11.9 Å². The second kappa shape index (κ2) is 5.19. The van der Waals surface area contributed by atoms with Gasteiger partial charge in [0, 0.05) is 38.2 Å². The SMILES string of the molecule is CC(C)(C)c1ccc([N+]2([O-])C=CC2(C)N2CCCCC2)cc1. The molecule has 0 spiro atoms. The highest BCUT2D eigenvalue weighted by Crippen LogP contribution is 2.44. The van der Waals surface area contributed by atoms with Crippen molar-refractivity contribution in [2.24, 2.45) is 0 Å². The van der Waals surface area contributed by atoms with Crippen molar-refractivity contribution in [3.8, 4) is 0 Å². The molecule has 0 bridgehead atoms. The first-order chi connectivity index (χ1) is 10.3. The average molecular weight is 300 g/mol. The van der Waals surface area contributed by atoms with E-state index >= 15 is 0 Å². The lowest BCUT2D eigenvalue weighted by Gasteiger charge is -2.60. The number of rotatable bonds is 2. The molecular formula is C19H28N2O. The van der Waals surface area contributed by atoms with E-state index in [2.05, 4.69) is 50.8 Å². The van der Waals surface area contributed by atoms with Gasteiger partial charge in [-0.15, -0.1) is 0 Å². The van der Waals surface area contributed by atoms with Crippen molar-refractivity contribution in [3.05, 3.63) is 47.3 Å². The first-order valence-corrected chi connectivity index (χ1v) is 8.44. The summed E-state index contributed by atoms with van der Waals surface area (Å²) in [6.07, 6.45) is 7.57. The van der Waals surface area contributed by atoms with Gasteiger partial charge in [-0.2, -0.15) is 0 Å². The maximum absolute atomic E-state index is 13.5. The number of quaternary nitrogens is 1. The molecule has 1 fully saturated rings. The van der Waals surface area contributed by atoms with Gasteiger partial charge in [-0.05, 0) is 23.8 Å². The number of nitrogens with zero attached hydrogens (tertiary/aromatic N) is 2. The van der Waals surface area contributed by atoms with Crippen LogP contribution in [-0.4, -0.2) is 23.7 Å². The van der Waals surface area contributed by atoms with Crippen LogP contribution in [0.2, 0.25) is 0 Å². The summed E-state index contributed by atoms with van der Waals surface area (Å²) in [5.74, 6) is 0. The van der Waals surface area contributed by atoms with Gasteiger partial charge in [-0.3, -0.25) is 4.65 Å². The fraction of sp³-hybridized carbons (Fsp3) is 0.579. The smallest absolute Gasteiger partial charge is 0.186 e. The van der Waals surface area contributed by atoms with Gasteiger partial charge in [0.2, 0.25) is 0 Å². The highest BCUT2D eigenvalue weighted by molar-refractivity contribution is 5.55. The first kappa shape index (κ1) is 15.7. The van der Waals surface area contributed by atoms with Crippen LogP contribution in [0, 0.1) is 5.21 Å². The molecule has 2 aliphatic rings. The number of benzene rings is 1. The summed E-state index contributed by atoms with van der Waals surface area (Å²) in [6.45, 7) is 10.7. The predicted molar refractivity (Wildman–Crippen MR) is 93.3 cm³/mol. The number of hydrogen-bond donors (Lipinski definition) is 0. The van der Waals surface area contributed by atoms with E-state index in [9.17, 15) is 5.21 Å². The van der Waals surface area contributed by atoms with Gasteiger partial charge in [0.25, 0.3) is 0 Å². The van der Waals surface area contributed by atoms with Crippen LogP contribution in [0.4, 0.5) is 5.69 Å². The molecular weight excluding hydrogens is 272 g/mol. The highest BCUT2D eigenvalue weighted by Gasteiger charge is 2.51. The minimum Gasteiger partial charge on any atom is -0.621 e. The van der Waals surface area contributed by atoms with Crippen molar-refractivity contribution in [1.82, 2.24) is 9.55 Å². The van der Waals surface area contributed by atoms with E-state index in [1.54, 1.807) is 6.20 Å². The molecule has 3 nitrogen and oxygen atoms in total. The van der Waals surface area contributed by atoms with E-state index in [4.69, 9.17) is 0 Å². The van der Waals surface area contributed by atoms with Crippen LogP contribution in [0.15, 0.2) is 36.5 Å². The topological polar surface area (TPSA) is 26.3 Å². The molecule has 0 radical (unpaired) electrons. The third-order valence-corrected chi connectivity index (χ3v) is 5.39. The molecule has 0 aliphatic carbocycles. The van der Waals surface area contributed by atoms with E-state index in [0.717, 1.165) is 18.8 Å². The Labute approximate surface area is 134 Å². The zero-order valence-electron chi connectivity index (χ0n) is 14.3. The largest absolute Gasteiger partial charge is 0.621 e. The van der Waals surface area contributed by atoms with Gasteiger partial charge in [0.15, 0.2) is 5.66 Å². The number of hydrogen-bond acceptors (Lipinski definition) is 2. The molecule has 2 unspecified atom stereocenters. The summed E-state index contributed by atoms with van der Waals surface area (Å²) in [5, 5.41) is 13.5. The van der Waals surface area contributed by atoms with Gasteiger partial charge >= 0.3 is 0 Å². The van der Waals surface area contributed by atoms with Crippen LogP contribution < -0.4 is 4.65 Å². The molecule has 0 N–H and O–H groups in total. The summed E-state index contributed by atoms with van der Waals surface area (Å²) < 4.78 is -0.350. The first-order valence-electron chi connectivity index (χ1n) is 8.44. The molecule has 2 heterocycles. The van der Waals surface area contributed by atoms with Crippen molar-refractivity contribution in [1.29, 1.82) is 0 Å². The molecule has 22 heavy (non-hydrogen) atoms. The summed E-state index contributed by atoms with van der Waals surface area (Å²) in [7, 11) is 0. The Kier molecular flexibility index (Phi) is 3.71. The third-order valence-electron chi connectivity index (χ3n) is 5.39. The van der Waals surface area contributed by atoms with Crippen molar-refractivity contribution >= 4 is 5.69 Å². The summed E-state index contributed by atoms with van der Waals surface area (Å²) in [6, 6.07) is 8.24. The number of piperidine rings is 1. The monoisotopic (exact) mass is 300 g/mol. The van der Waals surface area contributed by atoms with Crippen LogP contribution in [0.3, 0.4) is 0 Å². The fourth-order valence-corrected chi connectivity index (χ4v) is 3.62. The molecule has 2 atom stereocenters. The normalized spacial score (nSPS) is 32.8. The van der Waals surface area contributed by atoms with Crippen LogP contribution in [0.25, 0.3) is 0 Å². The molecule has 0 amide bonds. The van der Waals surface area contributed by atoms with Crippen LogP contribution >= 0.6 is 0 Å². The van der Waals surface area contributed by atoms with E-state index in [-0.39, 0.29) is 10.1 Å². The summed E-state index contributed by atoms with van der Waals surface area (Å²) >= 11 is 0. The lowest BCUT2D eigenvalue weighted by atomic mass is 9.86. The molecule has 1 aromatic rings. The number of likely N-dealkylation sites (tertiary alicyclic amines) is 1. The second-order valence-corrected chi connectivity index (χ2v) is 7.91. The van der Waals surface area contributed by atoms with Crippen molar-refractivity contribution in [2.75, 3.05) is 13.1 Å². The second-order valence-electron chi connectivity index (χ2n) is 7.91. The molecule has 2 aliphatic heterocycles. The molecule has 3 rings (SSSR count). The standard InChI is InChI=1S/C19H28N2O/c1-18(2,3)16-8-10-17(11-9-16)21(22)15-12-19(21,4)20-13-6-5-7-14-20/h8-12,15H,5-7,13-14H2,1-4H3. The van der Waals surface area contributed by atoms with Crippen molar-refractivity contribution < 1.29 is 0 Å². The van der Waals surface area contributed by atoms with Crippen molar-refractivity contribution in [2.45, 2.75) is 58.0 Å². The quantitative estimate of drug-likeness (QED) is 0.593. The Morgan fingerprint density at radius 3 is 2.09 bits per heavy atom. The van der Waals surface area contributed by atoms with Gasteiger partial charge in [-0.1, -0.05) is 39.3 Å². The highest BCUT2D eigenvalue weighted by atomic mass is 16.6. The Balaban J connectivity index is 1.88. The minimum absolute atomic E-state index is 0.118. The maximum Gasteiger partial charge on any atom is 0.186 e. The minimum atomic E-state index is -0.441. The third kappa shape index (κ3) is 2.32. The summed E-state index contributed by atoms with van der Waals surface area (Å²) in [4.78, 5) is 2.36. The number of hydroxylamine groups is 2. The molecule has 1 aromatic carbocycles. The molecule has 1 saturated heterocycles. The molecule has 120 valence electrons. The van der Waals surface area contributed by atoms with E-state index in [1.807, 2.05) is 12.1 Å². The predicted octanol–water partition coefficient (Wildman–Crippen LogP) is 4.52. The van der Waals surface area contributed by atoms with Gasteiger partial charge < -0.3 is 5.21 Å². The van der Waals surface area contributed by atoms with Gasteiger partial charge in [0.05, 0.1) is 0 Å². The van der Waals surface area contributed by atoms with Crippen LogP contribution in [0.1, 0.15) is 52.5 Å². The average Bonchev–Trinajstić information content (AvgIpc) is 2.52. The summed E-state index contributed by atoms with van der Waals surface area (Å²) in [5.41, 5.74) is 1.78. The lowest BCUT2D eigenvalue weighted by molar-refractivity contribution is 0.0146. The Hall–Kier alpha value is -1.16. The molecule has 3 heteroatoms. The van der Waals surface area contributed by atoms with Gasteiger partial charge in [-0.25, -0.2) is 4.90 Å². The van der Waals surface area contributed by atoms with E-state index in [0.29, 0.717) is 0 Å². The fourth-order valence-electron chi connectivity index (χ4n) is 3.62. The van der Waals surface area contributed by atoms with Crippen LogP contribution in [-0.2, 0) is 5.41 Å². The lowest BCUT2D eigenvalue weighted by Crippen LogP contribution is -2.71. The van der Waals surface area contributed by atoms with E-state index < -0.39 is 5.66 Å². The Bertz CT molecular complexity index is 566. The molecule has 0 saturated carbocycles. The van der Waals surface area contributed by atoms with Crippen molar-refractivity contribution in [3.63, 3.8) is 0 Å². The zero-order chi connectivity index (χ0) is 16.0. The molecule has 0 aromatic heterocycles. The van der Waals surface area contributed by atoms with E-state index in [1.165, 1.54) is 24.8 Å². The Morgan fingerprint density at radius 1 is 1.05 bits per heavy atom.